The molecule has 1 aliphatic carbocycles. The van der Waals surface area contributed by atoms with Crippen molar-refractivity contribution in [3.8, 4) is 0 Å². The van der Waals surface area contributed by atoms with Gasteiger partial charge in [-0.25, -0.2) is 18.9 Å². The van der Waals surface area contributed by atoms with Crippen LogP contribution in [0.1, 0.15) is 69.5 Å². The fraction of sp³-hybridized carbons (Fsp3) is 0.565. The summed E-state index contributed by atoms with van der Waals surface area (Å²) in [6.07, 6.45) is 3.91. The van der Waals surface area contributed by atoms with Crippen LogP contribution in [-0.2, 0) is 17.4 Å². The first-order chi connectivity index (χ1) is 14.6. The number of benzene rings is 1. The Balaban J connectivity index is 1.60. The van der Waals surface area contributed by atoms with Crippen LogP contribution < -0.4 is 9.62 Å². The maximum Gasteiger partial charge on any atom is 0.153 e. The van der Waals surface area contributed by atoms with Crippen molar-refractivity contribution in [2.45, 2.75) is 63.9 Å². The highest BCUT2D eigenvalue weighted by Gasteiger charge is 2.49. The van der Waals surface area contributed by atoms with E-state index in [1.165, 1.54) is 11.1 Å². The molecule has 1 aliphatic heterocycles. The lowest BCUT2D eigenvalue weighted by molar-refractivity contribution is 0.174. The van der Waals surface area contributed by atoms with E-state index in [9.17, 15) is 9.32 Å². The van der Waals surface area contributed by atoms with Gasteiger partial charge in [-0.15, -0.1) is 0 Å². The summed E-state index contributed by atoms with van der Waals surface area (Å²) in [5.74, 6) is 0.756. The van der Waals surface area contributed by atoms with Crippen molar-refractivity contribution in [3.63, 3.8) is 0 Å². The van der Waals surface area contributed by atoms with E-state index in [1.54, 1.807) is 13.1 Å². The van der Waals surface area contributed by atoms with Crippen molar-refractivity contribution in [2.24, 2.45) is 5.41 Å². The van der Waals surface area contributed by atoms with E-state index in [4.69, 9.17) is 0 Å². The summed E-state index contributed by atoms with van der Waals surface area (Å²) in [6.45, 7) is 9.40. The average Bonchev–Trinajstić information content (AvgIpc) is 3.01. The number of anilines is 1. The fourth-order valence-corrected chi connectivity index (χ4v) is 6.03. The summed E-state index contributed by atoms with van der Waals surface area (Å²) in [7, 11) is -1.14. The monoisotopic (exact) mass is 506 g/mol. The number of aliphatic hydroxyl groups is 1. The van der Waals surface area contributed by atoms with Crippen LogP contribution in [-0.4, -0.2) is 37.1 Å². The fourth-order valence-electron chi connectivity index (χ4n) is 4.79. The van der Waals surface area contributed by atoms with Crippen molar-refractivity contribution < 1.29 is 9.32 Å². The molecular formula is C23H31BrN4O2S. The lowest BCUT2D eigenvalue weighted by atomic mass is 9.73. The van der Waals surface area contributed by atoms with Crippen LogP contribution in [0.25, 0.3) is 0 Å². The first kappa shape index (κ1) is 22.8. The third kappa shape index (κ3) is 4.45. The van der Waals surface area contributed by atoms with Gasteiger partial charge in [0.2, 0.25) is 0 Å². The molecule has 6 nitrogen and oxygen atoms in total. The standard InChI is InChI=1S/C23H31BrN4O2S/c1-15(29)19-21(25-14-18(24)26-19)28-11-9-23(10-12-28)13-16-7-5-6-8-17(16)20(23)27-31(30)22(2,3)4/h5-8,14-15,20,27,29H,9-13H2,1-4H3/t15?,20-,31?/m1/s1. The number of nitrogens with zero attached hydrogens (tertiary/aromatic N) is 3. The number of fused-ring (bicyclic) bond motifs is 1. The molecular weight excluding hydrogens is 476 g/mol. The molecule has 2 aliphatic rings. The van der Waals surface area contributed by atoms with Gasteiger partial charge >= 0.3 is 0 Å². The van der Waals surface area contributed by atoms with E-state index >= 15 is 0 Å². The first-order valence-corrected chi connectivity index (χ1v) is 12.8. The Hall–Kier alpha value is -1.35. The summed E-state index contributed by atoms with van der Waals surface area (Å²) in [6, 6.07) is 8.62. The topological polar surface area (TPSA) is 78.4 Å². The molecule has 3 atom stereocenters. The van der Waals surface area contributed by atoms with Gasteiger partial charge in [0.15, 0.2) is 5.82 Å². The minimum atomic E-state index is -1.14. The normalized spacial score (nSPS) is 22.4. The van der Waals surface area contributed by atoms with Crippen molar-refractivity contribution in [1.82, 2.24) is 14.7 Å². The van der Waals surface area contributed by atoms with Crippen LogP contribution in [0.3, 0.4) is 0 Å². The van der Waals surface area contributed by atoms with Crippen LogP contribution >= 0.6 is 15.9 Å². The third-order valence-electron chi connectivity index (χ3n) is 6.51. The zero-order chi connectivity index (χ0) is 22.4. The second kappa shape index (κ2) is 8.54. The van der Waals surface area contributed by atoms with Gasteiger partial charge < -0.3 is 10.0 Å². The van der Waals surface area contributed by atoms with Crippen LogP contribution in [0.15, 0.2) is 35.1 Å². The molecule has 2 unspecified atom stereocenters. The Kier molecular flexibility index (Phi) is 6.29. The van der Waals surface area contributed by atoms with Gasteiger partial charge in [-0.2, -0.15) is 0 Å². The summed E-state index contributed by atoms with van der Waals surface area (Å²) in [5, 5.41) is 10.2. The van der Waals surface area contributed by atoms with E-state index < -0.39 is 17.1 Å². The molecule has 8 heteroatoms. The number of rotatable bonds is 4. The van der Waals surface area contributed by atoms with E-state index in [0.717, 1.165) is 38.2 Å². The van der Waals surface area contributed by atoms with E-state index in [1.807, 2.05) is 20.8 Å². The average molecular weight is 507 g/mol. The summed E-state index contributed by atoms with van der Waals surface area (Å²) in [5.41, 5.74) is 3.26. The SMILES string of the molecule is CC(O)c1nc(Br)cnc1N1CCC2(CC1)Cc1ccccc1[C@H]2NS(=O)C(C)(C)C. The largest absolute Gasteiger partial charge is 0.387 e. The molecule has 0 bridgehead atoms. The predicted octanol–water partition coefficient (Wildman–Crippen LogP) is 4.23. The number of nitrogens with one attached hydrogen (secondary N) is 1. The zero-order valence-electron chi connectivity index (χ0n) is 18.6. The molecule has 168 valence electrons. The van der Waals surface area contributed by atoms with Crippen molar-refractivity contribution in [3.05, 3.63) is 51.9 Å². The third-order valence-corrected chi connectivity index (χ3v) is 8.45. The smallest absolute Gasteiger partial charge is 0.153 e. The van der Waals surface area contributed by atoms with Gasteiger partial charge in [-0.1, -0.05) is 24.3 Å². The van der Waals surface area contributed by atoms with Gasteiger partial charge in [0.05, 0.1) is 34.1 Å². The number of aliphatic hydroxyl groups excluding tert-OH is 1. The minimum absolute atomic E-state index is 0.0227. The minimum Gasteiger partial charge on any atom is -0.387 e. The van der Waals surface area contributed by atoms with Crippen LogP contribution in [0.2, 0.25) is 0 Å². The van der Waals surface area contributed by atoms with Crippen LogP contribution in [0.5, 0.6) is 0 Å². The molecule has 1 fully saturated rings. The van der Waals surface area contributed by atoms with Crippen LogP contribution in [0.4, 0.5) is 5.82 Å². The van der Waals surface area contributed by atoms with E-state index in [2.05, 4.69) is 59.8 Å². The molecule has 0 saturated carbocycles. The number of hydrogen-bond acceptors (Lipinski definition) is 5. The molecule has 4 rings (SSSR count). The molecule has 1 aromatic heterocycles. The Labute approximate surface area is 195 Å². The van der Waals surface area contributed by atoms with Crippen LogP contribution in [0, 0.1) is 5.41 Å². The molecule has 2 aromatic rings. The number of piperidine rings is 1. The first-order valence-electron chi connectivity index (χ1n) is 10.8. The lowest BCUT2D eigenvalue weighted by Gasteiger charge is -2.44. The highest BCUT2D eigenvalue weighted by molar-refractivity contribution is 9.10. The van der Waals surface area contributed by atoms with Crippen molar-refractivity contribution in [1.29, 1.82) is 0 Å². The second-order valence-corrected chi connectivity index (χ2v) is 12.5. The van der Waals surface area contributed by atoms with Gasteiger partial charge in [0, 0.05) is 13.1 Å². The Morgan fingerprint density at radius 1 is 1.29 bits per heavy atom. The summed E-state index contributed by atoms with van der Waals surface area (Å²) < 4.78 is 16.8. The summed E-state index contributed by atoms with van der Waals surface area (Å²) in [4.78, 5) is 11.3. The number of aromatic nitrogens is 2. The van der Waals surface area contributed by atoms with Crippen molar-refractivity contribution >= 4 is 32.7 Å². The maximum absolute atomic E-state index is 13.0. The molecule has 0 radical (unpaired) electrons. The molecule has 1 saturated heterocycles. The molecule has 2 heterocycles. The van der Waals surface area contributed by atoms with Crippen molar-refractivity contribution in [2.75, 3.05) is 18.0 Å². The van der Waals surface area contributed by atoms with Gasteiger partial charge in [-0.05, 0) is 79.4 Å². The molecule has 2 N–H and O–H groups in total. The Morgan fingerprint density at radius 3 is 2.61 bits per heavy atom. The predicted molar refractivity (Wildman–Crippen MR) is 128 cm³/mol. The quantitative estimate of drug-likeness (QED) is 0.648. The highest BCUT2D eigenvalue weighted by atomic mass is 79.9. The second-order valence-electron chi connectivity index (χ2n) is 9.73. The maximum atomic E-state index is 13.0. The Morgan fingerprint density at radius 2 is 1.97 bits per heavy atom. The summed E-state index contributed by atoms with van der Waals surface area (Å²) >= 11 is 3.36. The highest BCUT2D eigenvalue weighted by Crippen LogP contribution is 2.52. The molecule has 1 aromatic carbocycles. The molecule has 0 amide bonds. The number of halogens is 1. The van der Waals surface area contributed by atoms with E-state index in [-0.39, 0.29) is 16.2 Å². The number of hydrogen-bond donors (Lipinski definition) is 2. The van der Waals surface area contributed by atoms with Gasteiger partial charge in [-0.3, -0.25) is 0 Å². The molecule has 1 spiro atoms. The zero-order valence-corrected chi connectivity index (χ0v) is 21.0. The lowest BCUT2D eigenvalue weighted by Crippen LogP contribution is -2.48. The van der Waals surface area contributed by atoms with E-state index in [0.29, 0.717) is 10.3 Å². The Bertz CT molecular complexity index is 984. The van der Waals surface area contributed by atoms with Gasteiger partial charge in [0.25, 0.3) is 0 Å². The molecule has 31 heavy (non-hydrogen) atoms. The van der Waals surface area contributed by atoms with Gasteiger partial charge in [0.1, 0.15) is 10.3 Å².